The van der Waals surface area contributed by atoms with Gasteiger partial charge in [0.2, 0.25) is 0 Å². The highest BCUT2D eigenvalue weighted by atomic mass is 16.5. The van der Waals surface area contributed by atoms with E-state index >= 15 is 0 Å². The summed E-state index contributed by atoms with van der Waals surface area (Å²) in [5.41, 5.74) is -0.132. The largest absolute Gasteiger partial charge is 0.497 e. The van der Waals surface area contributed by atoms with Crippen LogP contribution in [0.4, 0.5) is 0 Å². The first-order valence-corrected chi connectivity index (χ1v) is 6.11. The van der Waals surface area contributed by atoms with E-state index in [1.165, 1.54) is 0 Å². The number of aliphatic hydroxyl groups is 1. The minimum absolute atomic E-state index is 0.106. The predicted molar refractivity (Wildman–Crippen MR) is 68.0 cm³/mol. The van der Waals surface area contributed by atoms with Crippen molar-refractivity contribution >= 4 is 0 Å². The third-order valence-corrected chi connectivity index (χ3v) is 3.66. The molecule has 1 aromatic carbocycles. The first-order chi connectivity index (χ1) is 8.57. The van der Waals surface area contributed by atoms with Gasteiger partial charge in [0, 0.05) is 18.6 Å². The molecule has 1 fully saturated rings. The molecule has 1 saturated heterocycles. The van der Waals surface area contributed by atoms with Crippen LogP contribution in [0.3, 0.4) is 0 Å². The third-order valence-electron chi connectivity index (χ3n) is 3.66. The van der Waals surface area contributed by atoms with Gasteiger partial charge in [0.05, 0.1) is 26.4 Å². The zero-order valence-corrected chi connectivity index (χ0v) is 11.1. The Bertz CT molecular complexity index is 386. The first-order valence-electron chi connectivity index (χ1n) is 6.11. The second-order valence-corrected chi connectivity index (χ2v) is 4.81. The van der Waals surface area contributed by atoms with Gasteiger partial charge in [-0.25, -0.2) is 0 Å². The molecule has 0 bridgehead atoms. The quantitative estimate of drug-likeness (QED) is 0.889. The van der Waals surface area contributed by atoms with Crippen LogP contribution >= 0.6 is 0 Å². The molecule has 1 heterocycles. The van der Waals surface area contributed by atoms with E-state index in [-0.39, 0.29) is 5.92 Å². The van der Waals surface area contributed by atoms with E-state index in [9.17, 15) is 5.11 Å². The Morgan fingerprint density at radius 1 is 1.22 bits per heavy atom. The molecule has 0 amide bonds. The van der Waals surface area contributed by atoms with E-state index < -0.39 is 5.60 Å². The summed E-state index contributed by atoms with van der Waals surface area (Å²) in [6, 6.07) is 5.49. The van der Waals surface area contributed by atoms with E-state index in [0.717, 1.165) is 12.0 Å². The lowest BCUT2D eigenvalue weighted by Gasteiger charge is -2.30. The van der Waals surface area contributed by atoms with Gasteiger partial charge in [0.25, 0.3) is 0 Å². The molecule has 2 atom stereocenters. The van der Waals surface area contributed by atoms with Crippen molar-refractivity contribution < 1.29 is 19.3 Å². The van der Waals surface area contributed by atoms with Gasteiger partial charge in [-0.15, -0.1) is 0 Å². The van der Waals surface area contributed by atoms with Crippen LogP contribution in [0.1, 0.15) is 18.9 Å². The van der Waals surface area contributed by atoms with E-state index in [0.29, 0.717) is 24.7 Å². The molecule has 18 heavy (non-hydrogen) atoms. The van der Waals surface area contributed by atoms with Crippen molar-refractivity contribution in [3.05, 3.63) is 23.8 Å². The van der Waals surface area contributed by atoms with E-state index in [1.807, 2.05) is 19.1 Å². The summed E-state index contributed by atoms with van der Waals surface area (Å²) < 4.78 is 15.8. The second kappa shape index (κ2) is 5.16. The van der Waals surface area contributed by atoms with Crippen molar-refractivity contribution in [2.45, 2.75) is 18.9 Å². The molecule has 0 spiro atoms. The molecule has 0 aromatic heterocycles. The Kier molecular flexibility index (Phi) is 3.78. The summed E-state index contributed by atoms with van der Waals surface area (Å²) in [6.07, 6.45) is 0.868. The number of hydrogen-bond donors (Lipinski definition) is 1. The summed E-state index contributed by atoms with van der Waals surface area (Å²) >= 11 is 0. The van der Waals surface area contributed by atoms with Gasteiger partial charge in [-0.05, 0) is 31.0 Å². The average molecular weight is 252 g/mol. The van der Waals surface area contributed by atoms with Gasteiger partial charge in [-0.1, -0.05) is 0 Å². The minimum Gasteiger partial charge on any atom is -0.497 e. The first kappa shape index (κ1) is 13.2. The maximum absolute atomic E-state index is 10.7. The summed E-state index contributed by atoms with van der Waals surface area (Å²) in [5.74, 6) is 1.47. The van der Waals surface area contributed by atoms with E-state index in [4.69, 9.17) is 14.2 Å². The Morgan fingerprint density at radius 2 is 1.83 bits per heavy atom. The molecular weight excluding hydrogens is 232 g/mol. The summed E-state index contributed by atoms with van der Waals surface area (Å²) in [7, 11) is 3.21. The van der Waals surface area contributed by atoms with E-state index in [1.54, 1.807) is 20.3 Å². The minimum atomic E-state index is -0.932. The normalized spacial score (nSPS) is 22.6. The fourth-order valence-electron chi connectivity index (χ4n) is 2.31. The predicted octanol–water partition coefficient (Wildman–Crippen LogP) is 1.95. The van der Waals surface area contributed by atoms with Crippen LogP contribution in [0.25, 0.3) is 0 Å². The topological polar surface area (TPSA) is 47.9 Å². The fourth-order valence-corrected chi connectivity index (χ4v) is 2.31. The molecule has 2 unspecified atom stereocenters. The van der Waals surface area contributed by atoms with Crippen molar-refractivity contribution in [3.8, 4) is 11.5 Å². The Morgan fingerprint density at radius 3 is 2.28 bits per heavy atom. The van der Waals surface area contributed by atoms with Crippen LogP contribution < -0.4 is 9.47 Å². The maximum atomic E-state index is 10.7. The van der Waals surface area contributed by atoms with Crippen molar-refractivity contribution in [2.75, 3.05) is 27.4 Å². The highest BCUT2D eigenvalue weighted by molar-refractivity contribution is 5.41. The van der Waals surface area contributed by atoms with E-state index in [2.05, 4.69) is 0 Å². The smallest absolute Gasteiger partial charge is 0.122 e. The average Bonchev–Trinajstić information content (AvgIpc) is 2.92. The van der Waals surface area contributed by atoms with Crippen LogP contribution in [-0.4, -0.2) is 32.5 Å². The van der Waals surface area contributed by atoms with Gasteiger partial charge in [0.15, 0.2) is 0 Å². The summed E-state index contributed by atoms with van der Waals surface area (Å²) in [5, 5.41) is 10.7. The molecule has 1 aromatic rings. The molecular formula is C14H20O4. The lowest BCUT2D eigenvalue weighted by molar-refractivity contribution is -0.0100. The van der Waals surface area contributed by atoms with Crippen LogP contribution in [0.5, 0.6) is 11.5 Å². The lowest BCUT2D eigenvalue weighted by atomic mass is 9.82. The van der Waals surface area contributed by atoms with Crippen LogP contribution in [-0.2, 0) is 10.3 Å². The van der Waals surface area contributed by atoms with Gasteiger partial charge < -0.3 is 19.3 Å². The molecule has 4 nitrogen and oxygen atoms in total. The molecule has 2 rings (SSSR count). The zero-order valence-electron chi connectivity index (χ0n) is 11.1. The Labute approximate surface area is 107 Å². The molecule has 0 saturated carbocycles. The monoisotopic (exact) mass is 252 g/mol. The third kappa shape index (κ3) is 2.44. The molecule has 1 N–H and O–H groups in total. The van der Waals surface area contributed by atoms with Gasteiger partial charge in [-0.3, -0.25) is 0 Å². The molecule has 0 aliphatic carbocycles. The van der Waals surface area contributed by atoms with Crippen LogP contribution in [0.15, 0.2) is 18.2 Å². The summed E-state index contributed by atoms with van der Waals surface area (Å²) in [4.78, 5) is 0. The number of methoxy groups -OCH3 is 2. The van der Waals surface area contributed by atoms with Crippen molar-refractivity contribution in [1.82, 2.24) is 0 Å². The van der Waals surface area contributed by atoms with Gasteiger partial charge in [0.1, 0.15) is 11.5 Å². The van der Waals surface area contributed by atoms with Gasteiger partial charge in [-0.2, -0.15) is 0 Å². The lowest BCUT2D eigenvalue weighted by Crippen LogP contribution is -2.32. The molecule has 4 heteroatoms. The van der Waals surface area contributed by atoms with Gasteiger partial charge >= 0.3 is 0 Å². The Hall–Kier alpha value is -1.26. The molecule has 1 aliphatic heterocycles. The van der Waals surface area contributed by atoms with Crippen molar-refractivity contribution in [2.24, 2.45) is 5.92 Å². The van der Waals surface area contributed by atoms with Crippen LogP contribution in [0, 0.1) is 5.92 Å². The number of rotatable bonds is 4. The standard InChI is InChI=1S/C14H20O4/c1-14(15,10-4-5-18-9-10)11-6-12(16-2)8-13(7-11)17-3/h6-8,10,15H,4-5,9H2,1-3H3. The van der Waals surface area contributed by atoms with Crippen molar-refractivity contribution in [1.29, 1.82) is 0 Å². The van der Waals surface area contributed by atoms with Crippen LogP contribution in [0.2, 0.25) is 0 Å². The summed E-state index contributed by atoms with van der Waals surface area (Å²) in [6.45, 7) is 3.12. The highest BCUT2D eigenvalue weighted by Gasteiger charge is 2.36. The molecule has 1 aliphatic rings. The number of benzene rings is 1. The number of ether oxygens (including phenoxy) is 3. The van der Waals surface area contributed by atoms with Crippen molar-refractivity contribution in [3.63, 3.8) is 0 Å². The molecule has 100 valence electrons. The molecule has 0 radical (unpaired) electrons. The Balaban J connectivity index is 2.35. The highest BCUT2D eigenvalue weighted by Crippen LogP contribution is 2.37. The SMILES string of the molecule is COc1cc(OC)cc(C(C)(O)C2CCOC2)c1. The maximum Gasteiger partial charge on any atom is 0.122 e. The zero-order chi connectivity index (χ0) is 13.2. The number of hydrogen-bond acceptors (Lipinski definition) is 4. The second-order valence-electron chi connectivity index (χ2n) is 4.81. The fraction of sp³-hybridized carbons (Fsp3) is 0.571.